The number of aromatic nitrogens is 3. The van der Waals surface area contributed by atoms with Gasteiger partial charge in [-0.1, -0.05) is 176 Å². The number of furan rings is 1. The first-order valence-corrected chi connectivity index (χ1v) is 19.2. The minimum Gasteiger partial charge on any atom is -0.456 e. The summed E-state index contributed by atoms with van der Waals surface area (Å²) in [5.41, 5.74) is 11.1. The Bertz CT molecular complexity index is 3280. The highest BCUT2D eigenvalue weighted by Gasteiger charge is 2.20. The van der Waals surface area contributed by atoms with E-state index in [1.54, 1.807) is 0 Å². The molecule has 266 valence electrons. The van der Waals surface area contributed by atoms with Crippen molar-refractivity contribution in [1.29, 1.82) is 0 Å². The molecular weight excluding hydrogens is 695 g/mol. The highest BCUT2D eigenvalue weighted by molar-refractivity contribution is 6.13. The fourth-order valence-corrected chi connectivity index (χ4v) is 8.11. The zero-order valence-corrected chi connectivity index (χ0v) is 30.8. The molecule has 0 spiro atoms. The Balaban J connectivity index is 1.03. The molecule has 2 heterocycles. The van der Waals surface area contributed by atoms with E-state index in [9.17, 15) is 0 Å². The molecule has 9 aromatic carbocycles. The van der Waals surface area contributed by atoms with Crippen molar-refractivity contribution in [3.05, 3.63) is 200 Å². The molecule has 0 fully saturated rings. The minimum absolute atomic E-state index is 0.591. The van der Waals surface area contributed by atoms with Crippen LogP contribution in [-0.4, -0.2) is 15.0 Å². The molecule has 0 radical (unpaired) electrons. The molecule has 0 bridgehead atoms. The van der Waals surface area contributed by atoms with Gasteiger partial charge in [-0.2, -0.15) is 0 Å². The van der Waals surface area contributed by atoms with E-state index in [0.717, 1.165) is 60.9 Å². The topological polar surface area (TPSA) is 51.8 Å². The smallest absolute Gasteiger partial charge is 0.164 e. The average molecular weight is 728 g/mol. The van der Waals surface area contributed by atoms with Gasteiger partial charge in [-0.15, -0.1) is 0 Å². The first kappa shape index (κ1) is 32.7. The van der Waals surface area contributed by atoms with Crippen LogP contribution in [0, 0.1) is 0 Å². The first-order valence-electron chi connectivity index (χ1n) is 19.2. The second-order valence-corrected chi connectivity index (χ2v) is 14.4. The Morgan fingerprint density at radius 2 is 0.807 bits per heavy atom. The van der Waals surface area contributed by atoms with Gasteiger partial charge in [0.15, 0.2) is 17.5 Å². The standard InChI is InChI=1S/C53H33N3O/c1-3-12-36(13-4-1)42-17-9-10-19-44(42)52-54-51(39-15-5-2-6-16-39)55-53(56-52)45-20-11-21-49-50(45)47-33-41(30-31-48(47)57-49)35-24-22-34(23-25-35)40-29-28-38-27-26-37-14-7-8-18-43(37)46(38)32-40/h1-33H. The van der Waals surface area contributed by atoms with E-state index in [4.69, 9.17) is 19.4 Å². The van der Waals surface area contributed by atoms with E-state index in [2.05, 4.69) is 146 Å². The van der Waals surface area contributed by atoms with Crippen molar-refractivity contribution in [2.24, 2.45) is 0 Å². The molecule has 0 aliphatic heterocycles. The van der Waals surface area contributed by atoms with E-state index >= 15 is 0 Å². The lowest BCUT2D eigenvalue weighted by molar-refractivity contribution is 0.669. The zero-order chi connectivity index (χ0) is 37.7. The maximum Gasteiger partial charge on any atom is 0.164 e. The van der Waals surface area contributed by atoms with Gasteiger partial charge < -0.3 is 4.42 Å². The van der Waals surface area contributed by atoms with Crippen molar-refractivity contribution >= 4 is 43.5 Å². The Hall–Kier alpha value is -7.69. The van der Waals surface area contributed by atoms with Crippen molar-refractivity contribution in [3.8, 4) is 67.5 Å². The van der Waals surface area contributed by atoms with E-state index < -0.39 is 0 Å². The Morgan fingerprint density at radius 3 is 1.56 bits per heavy atom. The van der Waals surface area contributed by atoms with Gasteiger partial charge >= 0.3 is 0 Å². The average Bonchev–Trinajstić information content (AvgIpc) is 3.68. The molecule has 0 aliphatic rings. The third-order valence-electron chi connectivity index (χ3n) is 11.0. The first-order chi connectivity index (χ1) is 28.2. The third-order valence-corrected chi connectivity index (χ3v) is 11.0. The molecular formula is C53H33N3O. The molecule has 0 aliphatic carbocycles. The van der Waals surface area contributed by atoms with Crippen molar-refractivity contribution in [3.63, 3.8) is 0 Å². The second-order valence-electron chi connectivity index (χ2n) is 14.4. The summed E-state index contributed by atoms with van der Waals surface area (Å²) in [5, 5.41) is 7.03. The number of nitrogens with zero attached hydrogens (tertiary/aromatic N) is 3. The summed E-state index contributed by atoms with van der Waals surface area (Å²) in [4.78, 5) is 15.4. The zero-order valence-electron chi connectivity index (χ0n) is 30.8. The number of hydrogen-bond acceptors (Lipinski definition) is 4. The fraction of sp³-hybridized carbons (Fsp3) is 0. The summed E-state index contributed by atoms with van der Waals surface area (Å²) in [7, 11) is 0. The number of benzene rings is 9. The van der Waals surface area contributed by atoms with Crippen LogP contribution in [0.1, 0.15) is 0 Å². The molecule has 4 nitrogen and oxygen atoms in total. The normalized spacial score (nSPS) is 11.5. The van der Waals surface area contributed by atoms with E-state index in [0.29, 0.717) is 17.5 Å². The SMILES string of the molecule is c1ccc(-c2nc(-c3ccccc3-c3ccccc3)nc(-c3cccc4oc5ccc(-c6ccc(-c7ccc8ccc9ccccc9c8c7)cc6)cc5c34)n2)cc1. The van der Waals surface area contributed by atoms with Crippen molar-refractivity contribution in [1.82, 2.24) is 15.0 Å². The lowest BCUT2D eigenvalue weighted by Gasteiger charge is -2.12. The molecule has 0 amide bonds. The minimum atomic E-state index is 0.591. The van der Waals surface area contributed by atoms with Gasteiger partial charge in [-0.3, -0.25) is 0 Å². The lowest BCUT2D eigenvalue weighted by atomic mass is 9.95. The number of hydrogen-bond donors (Lipinski definition) is 0. The van der Waals surface area contributed by atoms with Crippen LogP contribution in [0.3, 0.4) is 0 Å². The van der Waals surface area contributed by atoms with Crippen molar-refractivity contribution in [2.75, 3.05) is 0 Å². The predicted octanol–water partition coefficient (Wildman–Crippen LogP) is 14.1. The van der Waals surface area contributed by atoms with Crippen LogP contribution in [0.25, 0.3) is 111 Å². The van der Waals surface area contributed by atoms with E-state index in [1.165, 1.54) is 32.7 Å². The van der Waals surface area contributed by atoms with Gasteiger partial charge in [-0.05, 0) is 79.2 Å². The van der Waals surface area contributed by atoms with Crippen LogP contribution in [0.4, 0.5) is 0 Å². The molecule has 11 rings (SSSR count). The largest absolute Gasteiger partial charge is 0.456 e. The molecule has 0 unspecified atom stereocenters. The maximum atomic E-state index is 6.48. The Labute approximate surface area is 329 Å². The summed E-state index contributed by atoms with van der Waals surface area (Å²) in [6, 6.07) is 70.0. The van der Waals surface area contributed by atoms with Crippen molar-refractivity contribution in [2.45, 2.75) is 0 Å². The van der Waals surface area contributed by atoms with E-state index in [1.807, 2.05) is 54.6 Å². The number of rotatable bonds is 6. The number of fused-ring (bicyclic) bond motifs is 6. The van der Waals surface area contributed by atoms with Gasteiger partial charge in [-0.25, -0.2) is 15.0 Å². The molecule has 11 aromatic rings. The van der Waals surface area contributed by atoms with Gasteiger partial charge in [0.2, 0.25) is 0 Å². The molecule has 0 saturated heterocycles. The molecule has 0 saturated carbocycles. The van der Waals surface area contributed by atoms with Crippen molar-refractivity contribution < 1.29 is 4.42 Å². The Morgan fingerprint density at radius 1 is 0.281 bits per heavy atom. The van der Waals surface area contributed by atoms with Gasteiger partial charge in [0, 0.05) is 27.5 Å². The molecule has 57 heavy (non-hydrogen) atoms. The van der Waals surface area contributed by atoms with Crippen LogP contribution >= 0.6 is 0 Å². The molecule has 2 aromatic heterocycles. The summed E-state index contributed by atoms with van der Waals surface area (Å²) < 4.78 is 6.48. The molecule has 4 heteroatoms. The summed E-state index contributed by atoms with van der Waals surface area (Å²) in [6.45, 7) is 0. The lowest BCUT2D eigenvalue weighted by Crippen LogP contribution is -2.01. The Kier molecular flexibility index (Phi) is 7.78. The van der Waals surface area contributed by atoms with Crippen LogP contribution < -0.4 is 0 Å². The summed E-state index contributed by atoms with van der Waals surface area (Å²) in [6.07, 6.45) is 0. The molecule has 0 N–H and O–H groups in total. The van der Waals surface area contributed by atoms with Crippen LogP contribution in [0.5, 0.6) is 0 Å². The fourth-order valence-electron chi connectivity index (χ4n) is 8.11. The van der Waals surface area contributed by atoms with Gasteiger partial charge in [0.05, 0.1) is 0 Å². The van der Waals surface area contributed by atoms with Crippen LogP contribution in [0.15, 0.2) is 205 Å². The summed E-state index contributed by atoms with van der Waals surface area (Å²) >= 11 is 0. The van der Waals surface area contributed by atoms with Gasteiger partial charge in [0.1, 0.15) is 11.2 Å². The maximum absolute atomic E-state index is 6.48. The highest BCUT2D eigenvalue weighted by atomic mass is 16.3. The third kappa shape index (κ3) is 5.83. The van der Waals surface area contributed by atoms with Crippen LogP contribution in [0.2, 0.25) is 0 Å². The second kappa shape index (κ2) is 13.6. The highest BCUT2D eigenvalue weighted by Crippen LogP contribution is 2.40. The van der Waals surface area contributed by atoms with Gasteiger partial charge in [0.25, 0.3) is 0 Å². The van der Waals surface area contributed by atoms with Crippen LogP contribution in [-0.2, 0) is 0 Å². The molecule has 0 atom stereocenters. The predicted molar refractivity (Wildman–Crippen MR) is 235 cm³/mol. The summed E-state index contributed by atoms with van der Waals surface area (Å²) in [5.74, 6) is 1.82. The quantitative estimate of drug-likeness (QED) is 0.160. The monoisotopic (exact) mass is 727 g/mol. The van der Waals surface area contributed by atoms with E-state index in [-0.39, 0.29) is 0 Å².